The molecule has 0 unspecified atom stereocenters. The summed E-state index contributed by atoms with van der Waals surface area (Å²) < 4.78 is 4.63. The van der Waals surface area contributed by atoms with Crippen LogP contribution in [0.3, 0.4) is 0 Å². The van der Waals surface area contributed by atoms with Gasteiger partial charge in [0.15, 0.2) is 0 Å². The zero-order chi connectivity index (χ0) is 12.0. The third kappa shape index (κ3) is 3.32. The van der Waals surface area contributed by atoms with Crippen molar-refractivity contribution in [3.05, 3.63) is 35.4 Å². The first-order valence-corrected chi connectivity index (χ1v) is 5.23. The lowest BCUT2D eigenvalue weighted by molar-refractivity contribution is 0.0600. The Bertz CT molecular complexity index is 352. The summed E-state index contributed by atoms with van der Waals surface area (Å²) in [4.78, 5) is 11.3. The van der Waals surface area contributed by atoms with Crippen LogP contribution >= 0.6 is 0 Å². The minimum absolute atomic E-state index is 0.129. The Kier molecular flexibility index (Phi) is 4.95. The van der Waals surface area contributed by atoms with Crippen LogP contribution in [0.15, 0.2) is 24.3 Å². The molecule has 1 rings (SSSR count). The van der Waals surface area contributed by atoms with Crippen molar-refractivity contribution in [3.8, 4) is 0 Å². The van der Waals surface area contributed by atoms with E-state index in [2.05, 4.69) is 4.74 Å². The molecule has 0 radical (unpaired) electrons. The van der Waals surface area contributed by atoms with Crippen LogP contribution in [-0.4, -0.2) is 24.8 Å². The van der Waals surface area contributed by atoms with Crippen LogP contribution in [-0.2, 0) is 4.74 Å². The van der Waals surface area contributed by atoms with E-state index in [1.807, 2.05) is 6.07 Å². The van der Waals surface area contributed by atoms with Gasteiger partial charge >= 0.3 is 5.97 Å². The molecule has 16 heavy (non-hydrogen) atoms. The summed E-state index contributed by atoms with van der Waals surface area (Å²) in [6, 6.07) is 6.91. The number of methoxy groups -OCH3 is 1. The van der Waals surface area contributed by atoms with Gasteiger partial charge in [-0.25, -0.2) is 4.79 Å². The van der Waals surface area contributed by atoms with Crippen molar-refractivity contribution >= 4 is 5.97 Å². The minimum atomic E-state index is -0.365. The second-order valence-electron chi connectivity index (χ2n) is 3.59. The van der Waals surface area contributed by atoms with E-state index in [4.69, 9.17) is 10.8 Å². The largest absolute Gasteiger partial charge is 0.465 e. The van der Waals surface area contributed by atoms with E-state index in [0.717, 1.165) is 5.56 Å². The lowest BCUT2D eigenvalue weighted by Crippen LogP contribution is -2.12. The van der Waals surface area contributed by atoms with Crippen molar-refractivity contribution < 1.29 is 14.6 Å². The molecule has 0 aliphatic heterocycles. The fourth-order valence-electron chi connectivity index (χ4n) is 1.49. The topological polar surface area (TPSA) is 72.5 Å². The standard InChI is InChI=1S/C12H17NO3/c1-16-12(15)10-5-2-4-9(8-10)11(13)6-3-7-14/h2,4-5,8,11,14H,3,6-7,13H2,1H3/t11-/m0/s1. The molecule has 0 saturated heterocycles. The Morgan fingerprint density at radius 2 is 2.31 bits per heavy atom. The number of nitrogens with two attached hydrogens (primary N) is 1. The maximum Gasteiger partial charge on any atom is 0.337 e. The van der Waals surface area contributed by atoms with Gasteiger partial charge in [0.25, 0.3) is 0 Å². The van der Waals surface area contributed by atoms with E-state index in [0.29, 0.717) is 18.4 Å². The van der Waals surface area contributed by atoms with E-state index in [1.54, 1.807) is 18.2 Å². The van der Waals surface area contributed by atoms with Crippen molar-refractivity contribution in [1.29, 1.82) is 0 Å². The molecule has 88 valence electrons. The van der Waals surface area contributed by atoms with Crippen molar-refractivity contribution in [2.75, 3.05) is 13.7 Å². The molecule has 0 aliphatic rings. The maximum absolute atomic E-state index is 11.3. The van der Waals surface area contributed by atoms with E-state index < -0.39 is 0 Å². The number of ether oxygens (including phenoxy) is 1. The number of aliphatic hydroxyl groups excluding tert-OH is 1. The second-order valence-corrected chi connectivity index (χ2v) is 3.59. The Labute approximate surface area is 95.0 Å². The molecule has 1 aromatic carbocycles. The van der Waals surface area contributed by atoms with Crippen LogP contribution in [0.5, 0.6) is 0 Å². The van der Waals surface area contributed by atoms with Gasteiger partial charge in [-0.2, -0.15) is 0 Å². The molecule has 0 heterocycles. The lowest BCUT2D eigenvalue weighted by atomic mass is 10.0. The molecule has 0 spiro atoms. The highest BCUT2D eigenvalue weighted by Gasteiger charge is 2.09. The predicted octanol–water partition coefficient (Wildman–Crippen LogP) is 1.25. The van der Waals surface area contributed by atoms with Crippen molar-refractivity contribution in [2.24, 2.45) is 5.73 Å². The Morgan fingerprint density at radius 3 is 2.94 bits per heavy atom. The highest BCUT2D eigenvalue weighted by atomic mass is 16.5. The molecule has 0 amide bonds. The van der Waals surface area contributed by atoms with E-state index in [9.17, 15) is 4.79 Å². The monoisotopic (exact) mass is 223 g/mol. The summed E-state index contributed by atoms with van der Waals surface area (Å²) in [6.07, 6.45) is 1.35. The van der Waals surface area contributed by atoms with E-state index in [1.165, 1.54) is 7.11 Å². The van der Waals surface area contributed by atoms with Crippen LogP contribution in [0, 0.1) is 0 Å². The highest BCUT2D eigenvalue weighted by molar-refractivity contribution is 5.89. The molecular formula is C12H17NO3. The van der Waals surface area contributed by atoms with Crippen molar-refractivity contribution in [1.82, 2.24) is 0 Å². The molecule has 0 aliphatic carbocycles. The average Bonchev–Trinajstić information content (AvgIpc) is 2.35. The number of rotatable bonds is 5. The molecule has 0 aromatic heterocycles. The number of benzene rings is 1. The number of carbonyl (C=O) groups excluding carboxylic acids is 1. The summed E-state index contributed by atoms with van der Waals surface area (Å²) in [5.74, 6) is -0.365. The summed E-state index contributed by atoms with van der Waals surface area (Å²) >= 11 is 0. The molecule has 1 aromatic rings. The van der Waals surface area contributed by atoms with Gasteiger partial charge in [0.05, 0.1) is 12.7 Å². The number of carbonyl (C=O) groups is 1. The Balaban J connectivity index is 2.77. The Morgan fingerprint density at radius 1 is 1.56 bits per heavy atom. The molecule has 4 heteroatoms. The lowest BCUT2D eigenvalue weighted by Gasteiger charge is -2.11. The normalized spacial score (nSPS) is 12.2. The molecule has 4 nitrogen and oxygen atoms in total. The third-order valence-electron chi connectivity index (χ3n) is 2.41. The molecule has 3 N–H and O–H groups in total. The van der Waals surface area contributed by atoms with Crippen LogP contribution < -0.4 is 5.73 Å². The highest BCUT2D eigenvalue weighted by Crippen LogP contribution is 2.17. The van der Waals surface area contributed by atoms with Crippen LogP contribution in [0.2, 0.25) is 0 Å². The van der Waals surface area contributed by atoms with Gasteiger partial charge in [0.2, 0.25) is 0 Å². The summed E-state index contributed by atoms with van der Waals surface area (Å²) in [7, 11) is 1.35. The number of aliphatic hydroxyl groups is 1. The SMILES string of the molecule is COC(=O)c1cccc([C@@H](N)CCCO)c1. The van der Waals surface area contributed by atoms with Gasteiger partial charge in [0, 0.05) is 12.6 Å². The second kappa shape index (κ2) is 6.25. The van der Waals surface area contributed by atoms with Crippen molar-refractivity contribution in [2.45, 2.75) is 18.9 Å². The smallest absolute Gasteiger partial charge is 0.337 e. The first-order valence-electron chi connectivity index (χ1n) is 5.23. The van der Waals surface area contributed by atoms with Crippen LogP contribution in [0.25, 0.3) is 0 Å². The average molecular weight is 223 g/mol. The fourth-order valence-corrected chi connectivity index (χ4v) is 1.49. The quantitative estimate of drug-likeness (QED) is 0.737. The summed E-state index contributed by atoms with van der Waals surface area (Å²) in [5.41, 5.74) is 7.31. The molecule has 0 saturated carbocycles. The van der Waals surface area contributed by atoms with Crippen LogP contribution in [0.1, 0.15) is 34.8 Å². The van der Waals surface area contributed by atoms with Gasteiger partial charge in [0.1, 0.15) is 0 Å². The Hall–Kier alpha value is -1.39. The van der Waals surface area contributed by atoms with Gasteiger partial charge in [-0.15, -0.1) is 0 Å². The van der Waals surface area contributed by atoms with Gasteiger partial charge in [-0.1, -0.05) is 12.1 Å². The first kappa shape index (κ1) is 12.7. The molecule has 0 bridgehead atoms. The predicted molar refractivity (Wildman–Crippen MR) is 61.0 cm³/mol. The van der Waals surface area contributed by atoms with Gasteiger partial charge in [-0.05, 0) is 30.5 Å². The number of esters is 1. The van der Waals surface area contributed by atoms with Crippen LogP contribution in [0.4, 0.5) is 0 Å². The third-order valence-corrected chi connectivity index (χ3v) is 2.41. The van der Waals surface area contributed by atoms with Gasteiger partial charge in [-0.3, -0.25) is 0 Å². The fraction of sp³-hybridized carbons (Fsp3) is 0.417. The van der Waals surface area contributed by atoms with Crippen molar-refractivity contribution in [3.63, 3.8) is 0 Å². The van der Waals surface area contributed by atoms with E-state index >= 15 is 0 Å². The zero-order valence-electron chi connectivity index (χ0n) is 9.35. The first-order chi connectivity index (χ1) is 7.69. The maximum atomic E-state index is 11.3. The van der Waals surface area contributed by atoms with Gasteiger partial charge < -0.3 is 15.6 Å². The van der Waals surface area contributed by atoms with E-state index in [-0.39, 0.29) is 18.6 Å². The molecule has 0 fully saturated rings. The molecule has 1 atom stereocenters. The summed E-state index contributed by atoms with van der Waals surface area (Å²) in [5, 5.41) is 8.71. The number of hydrogen-bond acceptors (Lipinski definition) is 4. The molecular weight excluding hydrogens is 206 g/mol. The number of hydrogen-bond donors (Lipinski definition) is 2. The summed E-state index contributed by atoms with van der Waals surface area (Å²) in [6.45, 7) is 0.129. The minimum Gasteiger partial charge on any atom is -0.465 e. The zero-order valence-corrected chi connectivity index (χ0v) is 9.35.